The van der Waals surface area contributed by atoms with Crippen molar-refractivity contribution < 1.29 is 29.1 Å². The molecule has 11 nitrogen and oxygen atoms in total. The summed E-state index contributed by atoms with van der Waals surface area (Å²) in [5, 5.41) is 16.1. The Kier molecular flexibility index (Phi) is 12.3. The Morgan fingerprint density at radius 2 is 1.50 bits per heavy atom. The summed E-state index contributed by atoms with van der Waals surface area (Å²) in [7, 11) is 0. The fourth-order valence-corrected chi connectivity index (χ4v) is 2.67. The minimum Gasteiger partial charge on any atom is -0.480 e. The summed E-state index contributed by atoms with van der Waals surface area (Å²) in [6.07, 6.45) is 1.39. The zero-order valence-electron chi connectivity index (χ0n) is 15.6. The van der Waals surface area contributed by atoms with Crippen LogP contribution in [0.3, 0.4) is 0 Å². The highest BCUT2D eigenvalue weighted by Crippen LogP contribution is 2.03. The van der Waals surface area contributed by atoms with E-state index < -0.39 is 60.2 Å². The summed E-state index contributed by atoms with van der Waals surface area (Å²) in [5.41, 5.74) is 10.5. The van der Waals surface area contributed by atoms with Crippen LogP contribution < -0.4 is 27.4 Å². The molecule has 0 bridgehead atoms. The number of aliphatic carboxylic acids is 1. The number of primary amides is 1. The zero-order valence-corrected chi connectivity index (χ0v) is 17.3. The van der Waals surface area contributed by atoms with E-state index in [1.165, 1.54) is 18.7 Å². The van der Waals surface area contributed by atoms with E-state index in [1.54, 1.807) is 6.26 Å². The van der Waals surface area contributed by atoms with Gasteiger partial charge in [-0.1, -0.05) is 0 Å². The first-order chi connectivity index (χ1) is 13.0. The molecule has 8 N–H and O–H groups in total. The first-order valence-electron chi connectivity index (χ1n) is 8.31. The number of hydrogen-bond donors (Lipinski definition) is 7. The van der Waals surface area contributed by atoms with Crippen LogP contribution in [0.5, 0.6) is 0 Å². The lowest BCUT2D eigenvalue weighted by atomic mass is 10.1. The van der Waals surface area contributed by atoms with Crippen LogP contribution in [0.1, 0.15) is 19.8 Å². The number of carboxylic acid groups (broad SMARTS) is 1. The fourth-order valence-electron chi connectivity index (χ4n) is 1.95. The van der Waals surface area contributed by atoms with Gasteiger partial charge in [0.15, 0.2) is 0 Å². The number of carboxylic acids is 1. The van der Waals surface area contributed by atoms with Gasteiger partial charge >= 0.3 is 5.97 Å². The molecular formula is C15H27N5O6S2. The maximum absolute atomic E-state index is 12.4. The number of nitrogens with one attached hydrogen (secondary N) is 3. The summed E-state index contributed by atoms with van der Waals surface area (Å²) >= 11 is 5.38. The van der Waals surface area contributed by atoms with Gasteiger partial charge in [-0.25, -0.2) is 4.79 Å². The molecule has 4 atom stereocenters. The van der Waals surface area contributed by atoms with Crippen LogP contribution in [0.4, 0.5) is 0 Å². The van der Waals surface area contributed by atoms with Crippen LogP contribution in [-0.2, 0) is 24.0 Å². The summed E-state index contributed by atoms with van der Waals surface area (Å²) in [6.45, 7) is 1.42. The Labute approximate surface area is 172 Å². The Hall–Kier alpha value is -1.99. The van der Waals surface area contributed by atoms with Crippen molar-refractivity contribution in [3.05, 3.63) is 0 Å². The summed E-state index contributed by atoms with van der Waals surface area (Å²) < 4.78 is 0. The molecule has 0 aliphatic carbocycles. The molecule has 0 saturated heterocycles. The molecular weight excluding hydrogens is 410 g/mol. The molecule has 0 aliphatic heterocycles. The molecule has 13 heteroatoms. The lowest BCUT2D eigenvalue weighted by Gasteiger charge is -2.23. The number of carbonyl (C=O) groups is 5. The second-order valence-electron chi connectivity index (χ2n) is 5.94. The van der Waals surface area contributed by atoms with Crippen LogP contribution in [0, 0.1) is 0 Å². The van der Waals surface area contributed by atoms with Gasteiger partial charge in [0.25, 0.3) is 0 Å². The van der Waals surface area contributed by atoms with Gasteiger partial charge in [0.1, 0.15) is 18.1 Å². The third-order valence-electron chi connectivity index (χ3n) is 3.49. The number of amides is 4. The van der Waals surface area contributed by atoms with Crippen molar-refractivity contribution in [1.82, 2.24) is 16.0 Å². The second-order valence-corrected chi connectivity index (χ2v) is 7.30. The van der Waals surface area contributed by atoms with E-state index in [-0.39, 0.29) is 12.2 Å². The average Bonchev–Trinajstić information content (AvgIpc) is 2.61. The van der Waals surface area contributed by atoms with Gasteiger partial charge in [-0.2, -0.15) is 24.4 Å². The highest BCUT2D eigenvalue weighted by molar-refractivity contribution is 7.98. The summed E-state index contributed by atoms with van der Waals surface area (Å²) in [4.78, 5) is 59.0. The quantitative estimate of drug-likeness (QED) is 0.153. The maximum atomic E-state index is 12.4. The molecule has 4 unspecified atom stereocenters. The Bertz CT molecular complexity index is 589. The number of thiol groups is 1. The molecule has 160 valence electrons. The van der Waals surface area contributed by atoms with E-state index in [0.29, 0.717) is 5.75 Å². The predicted molar refractivity (Wildman–Crippen MR) is 108 cm³/mol. The Morgan fingerprint density at radius 3 is 1.93 bits per heavy atom. The molecule has 0 aromatic carbocycles. The van der Waals surface area contributed by atoms with Gasteiger partial charge in [-0.3, -0.25) is 19.2 Å². The first kappa shape index (κ1) is 26.0. The first-order valence-corrected chi connectivity index (χ1v) is 10.3. The summed E-state index contributed by atoms with van der Waals surface area (Å²) in [6, 6.07) is -4.58. The number of thioether (sulfide) groups is 1. The molecule has 0 radical (unpaired) electrons. The lowest BCUT2D eigenvalue weighted by molar-refractivity contribution is -0.142. The second kappa shape index (κ2) is 13.2. The van der Waals surface area contributed by atoms with Gasteiger partial charge in [0.2, 0.25) is 23.6 Å². The van der Waals surface area contributed by atoms with Crippen molar-refractivity contribution in [2.75, 3.05) is 17.8 Å². The summed E-state index contributed by atoms with van der Waals surface area (Å²) in [5.74, 6) is -4.01. The van der Waals surface area contributed by atoms with E-state index in [2.05, 4.69) is 28.6 Å². The van der Waals surface area contributed by atoms with Crippen LogP contribution in [0.25, 0.3) is 0 Å². The SMILES string of the molecule is CSCCC(NC(=O)C(CC(N)=O)NC(=O)C(CS)NC(=O)C(C)N)C(=O)O. The minimum absolute atomic E-state index is 0.0965. The van der Waals surface area contributed by atoms with Crippen LogP contribution in [0.2, 0.25) is 0 Å². The maximum Gasteiger partial charge on any atom is 0.326 e. The van der Waals surface area contributed by atoms with Crippen molar-refractivity contribution >= 4 is 54.0 Å². The normalized spacial score (nSPS) is 14.9. The van der Waals surface area contributed by atoms with E-state index in [0.717, 1.165) is 0 Å². The van der Waals surface area contributed by atoms with E-state index >= 15 is 0 Å². The van der Waals surface area contributed by atoms with Gasteiger partial charge in [-0.05, 0) is 25.4 Å². The Morgan fingerprint density at radius 1 is 1.00 bits per heavy atom. The lowest BCUT2D eigenvalue weighted by Crippen LogP contribution is -2.58. The van der Waals surface area contributed by atoms with Crippen molar-refractivity contribution in [3.63, 3.8) is 0 Å². The fraction of sp³-hybridized carbons (Fsp3) is 0.667. The van der Waals surface area contributed by atoms with Gasteiger partial charge < -0.3 is 32.5 Å². The van der Waals surface area contributed by atoms with E-state index in [9.17, 15) is 29.1 Å². The molecule has 0 rings (SSSR count). The molecule has 0 heterocycles. The Balaban J connectivity index is 5.20. The zero-order chi connectivity index (χ0) is 21.9. The molecule has 0 aliphatic rings. The van der Waals surface area contributed by atoms with Crippen LogP contribution >= 0.6 is 24.4 Å². The van der Waals surface area contributed by atoms with Crippen LogP contribution in [-0.4, -0.2) is 76.6 Å². The van der Waals surface area contributed by atoms with Crippen molar-refractivity contribution in [1.29, 1.82) is 0 Å². The highest BCUT2D eigenvalue weighted by Gasteiger charge is 2.30. The molecule has 4 amide bonds. The highest BCUT2D eigenvalue weighted by atomic mass is 32.2. The van der Waals surface area contributed by atoms with E-state index in [1.807, 2.05) is 0 Å². The van der Waals surface area contributed by atoms with Crippen molar-refractivity contribution in [2.24, 2.45) is 11.5 Å². The topological polar surface area (TPSA) is 194 Å². The molecule has 0 fully saturated rings. The molecule has 0 spiro atoms. The number of hydrogen-bond acceptors (Lipinski definition) is 8. The smallest absolute Gasteiger partial charge is 0.326 e. The number of carbonyl (C=O) groups excluding carboxylic acids is 4. The standard InChI is InChI=1S/C15H27N5O6S2/c1-7(16)12(22)20-10(6-27)14(24)19-9(5-11(17)21)13(23)18-8(15(25)26)3-4-28-2/h7-10,27H,3-6,16H2,1-2H3,(H2,17,21)(H,18,23)(H,19,24)(H,20,22)(H,25,26). The monoisotopic (exact) mass is 437 g/mol. The molecule has 0 saturated carbocycles. The van der Waals surface area contributed by atoms with Gasteiger partial charge in [0, 0.05) is 5.75 Å². The van der Waals surface area contributed by atoms with Crippen molar-refractivity contribution in [3.8, 4) is 0 Å². The molecule has 28 heavy (non-hydrogen) atoms. The predicted octanol–water partition coefficient (Wildman–Crippen LogP) is -2.57. The van der Waals surface area contributed by atoms with Gasteiger partial charge in [0.05, 0.1) is 12.5 Å². The van der Waals surface area contributed by atoms with Crippen LogP contribution in [0.15, 0.2) is 0 Å². The van der Waals surface area contributed by atoms with E-state index in [4.69, 9.17) is 11.5 Å². The number of nitrogens with two attached hydrogens (primary N) is 2. The minimum atomic E-state index is -1.41. The molecule has 0 aromatic rings. The average molecular weight is 438 g/mol. The third-order valence-corrected chi connectivity index (χ3v) is 4.50. The van der Waals surface area contributed by atoms with Crippen molar-refractivity contribution in [2.45, 2.75) is 43.9 Å². The molecule has 0 aromatic heterocycles. The third kappa shape index (κ3) is 9.80. The van der Waals surface area contributed by atoms with Gasteiger partial charge in [-0.15, -0.1) is 0 Å². The number of rotatable bonds is 13. The largest absolute Gasteiger partial charge is 0.480 e.